The molecule has 0 spiro atoms. The highest BCUT2D eigenvalue weighted by atomic mass is 15.2. The quantitative estimate of drug-likeness (QED) is 0.919. The zero-order valence-electron chi connectivity index (χ0n) is 14.8. The third-order valence-corrected chi connectivity index (χ3v) is 4.91. The smallest absolute Gasteiger partial charge is 0.136 e. The van der Waals surface area contributed by atoms with E-state index in [4.69, 9.17) is 9.97 Å². The van der Waals surface area contributed by atoms with Gasteiger partial charge in [-0.1, -0.05) is 24.3 Å². The molecule has 0 bridgehead atoms. The maximum Gasteiger partial charge on any atom is 0.136 e. The largest absolute Gasteiger partial charge is 0.368 e. The molecule has 24 heavy (non-hydrogen) atoms. The van der Waals surface area contributed by atoms with E-state index in [2.05, 4.69) is 61.3 Å². The molecule has 1 saturated carbocycles. The molecule has 4 heteroatoms. The Kier molecular flexibility index (Phi) is 3.91. The molecule has 1 aromatic heterocycles. The van der Waals surface area contributed by atoms with E-state index in [1.807, 2.05) is 0 Å². The molecular weight excluding hydrogens is 296 g/mol. The first-order valence-electron chi connectivity index (χ1n) is 9.09. The summed E-state index contributed by atoms with van der Waals surface area (Å²) in [5.41, 5.74) is 2.89. The Morgan fingerprint density at radius 2 is 1.88 bits per heavy atom. The molecule has 1 N–H and O–H groups in total. The summed E-state index contributed by atoms with van der Waals surface area (Å²) in [7, 11) is 0. The second kappa shape index (κ2) is 6.08. The summed E-state index contributed by atoms with van der Waals surface area (Å²) >= 11 is 0. The maximum atomic E-state index is 4.92. The van der Waals surface area contributed by atoms with E-state index in [1.165, 1.54) is 24.0 Å². The van der Waals surface area contributed by atoms with Gasteiger partial charge in [-0.3, -0.25) is 0 Å². The number of benzene rings is 1. The molecule has 1 aliphatic carbocycles. The lowest BCUT2D eigenvalue weighted by Crippen LogP contribution is -2.39. The lowest BCUT2D eigenvalue weighted by atomic mass is 9.95. The lowest BCUT2D eigenvalue weighted by Gasteiger charge is -2.36. The van der Waals surface area contributed by atoms with Gasteiger partial charge >= 0.3 is 0 Å². The Morgan fingerprint density at radius 3 is 2.58 bits per heavy atom. The van der Waals surface area contributed by atoms with Gasteiger partial charge in [-0.2, -0.15) is 0 Å². The minimum absolute atomic E-state index is 0.374. The van der Waals surface area contributed by atoms with Crippen LogP contribution in [-0.2, 0) is 13.0 Å². The standard InChI is InChI=1S/C20H26N4/c1-13(2)21-18-11-19(23-20(22-18)15-8-9-15)24-12-17-7-5-4-6-16(17)10-14(24)3/h4-7,11,13-15H,8-10,12H2,1-3H3,(H,21,22,23)/t14-/m0/s1. The van der Waals surface area contributed by atoms with Crippen LogP contribution in [-0.4, -0.2) is 22.1 Å². The van der Waals surface area contributed by atoms with Gasteiger partial charge in [0.15, 0.2) is 0 Å². The number of aromatic nitrogens is 2. The van der Waals surface area contributed by atoms with Crippen LogP contribution in [0.15, 0.2) is 30.3 Å². The molecule has 1 aliphatic heterocycles. The minimum Gasteiger partial charge on any atom is -0.368 e. The number of anilines is 2. The van der Waals surface area contributed by atoms with Crippen molar-refractivity contribution in [2.24, 2.45) is 0 Å². The number of rotatable bonds is 4. The summed E-state index contributed by atoms with van der Waals surface area (Å²) in [4.78, 5) is 12.1. The fourth-order valence-corrected chi connectivity index (χ4v) is 3.48. The van der Waals surface area contributed by atoms with Crippen molar-refractivity contribution in [3.05, 3.63) is 47.3 Å². The van der Waals surface area contributed by atoms with Gasteiger partial charge in [0.1, 0.15) is 17.5 Å². The number of hydrogen-bond acceptors (Lipinski definition) is 4. The Bertz CT molecular complexity index is 736. The predicted octanol–water partition coefficient (Wildman–Crippen LogP) is 4.13. The molecule has 126 valence electrons. The van der Waals surface area contributed by atoms with Crippen LogP contribution >= 0.6 is 0 Å². The molecule has 1 aromatic carbocycles. The van der Waals surface area contributed by atoms with E-state index in [0.29, 0.717) is 18.0 Å². The van der Waals surface area contributed by atoms with Crippen LogP contribution in [0, 0.1) is 0 Å². The van der Waals surface area contributed by atoms with Crippen LogP contribution in [0.3, 0.4) is 0 Å². The Morgan fingerprint density at radius 1 is 1.12 bits per heavy atom. The van der Waals surface area contributed by atoms with Crippen LogP contribution in [0.5, 0.6) is 0 Å². The van der Waals surface area contributed by atoms with E-state index in [-0.39, 0.29) is 0 Å². The van der Waals surface area contributed by atoms with Crippen LogP contribution in [0.1, 0.15) is 56.5 Å². The van der Waals surface area contributed by atoms with Crippen molar-refractivity contribution in [2.75, 3.05) is 10.2 Å². The van der Waals surface area contributed by atoms with E-state index >= 15 is 0 Å². The van der Waals surface area contributed by atoms with Crippen molar-refractivity contribution in [1.29, 1.82) is 0 Å². The molecule has 1 atom stereocenters. The molecule has 1 fully saturated rings. The van der Waals surface area contributed by atoms with Gasteiger partial charge in [0, 0.05) is 30.6 Å². The molecule has 4 nitrogen and oxygen atoms in total. The molecule has 0 radical (unpaired) electrons. The Balaban J connectivity index is 1.68. The molecular formula is C20H26N4. The second-order valence-corrected chi connectivity index (χ2v) is 7.49. The number of nitrogens with zero attached hydrogens (tertiary/aromatic N) is 3. The molecule has 0 amide bonds. The summed E-state index contributed by atoms with van der Waals surface area (Å²) in [6.45, 7) is 7.53. The third kappa shape index (κ3) is 3.10. The average Bonchev–Trinajstić information content (AvgIpc) is 3.38. The normalized spacial score (nSPS) is 20.2. The van der Waals surface area contributed by atoms with Crippen molar-refractivity contribution in [2.45, 2.75) is 64.6 Å². The van der Waals surface area contributed by atoms with Crippen LogP contribution in [0.4, 0.5) is 11.6 Å². The highest BCUT2D eigenvalue weighted by Crippen LogP contribution is 2.39. The Hall–Kier alpha value is -2.10. The second-order valence-electron chi connectivity index (χ2n) is 7.49. The highest BCUT2D eigenvalue weighted by Gasteiger charge is 2.30. The summed E-state index contributed by atoms with van der Waals surface area (Å²) in [5.74, 6) is 3.60. The number of fused-ring (bicyclic) bond motifs is 1. The van der Waals surface area contributed by atoms with Crippen molar-refractivity contribution in [3.63, 3.8) is 0 Å². The van der Waals surface area contributed by atoms with Gasteiger partial charge in [-0.25, -0.2) is 9.97 Å². The summed E-state index contributed by atoms with van der Waals surface area (Å²) in [6.07, 6.45) is 3.53. The topological polar surface area (TPSA) is 41.0 Å². The first kappa shape index (κ1) is 15.4. The molecule has 2 heterocycles. The van der Waals surface area contributed by atoms with Crippen LogP contribution < -0.4 is 10.2 Å². The predicted molar refractivity (Wildman–Crippen MR) is 98.6 cm³/mol. The molecule has 2 aliphatic rings. The van der Waals surface area contributed by atoms with E-state index in [0.717, 1.165) is 30.4 Å². The minimum atomic E-state index is 0.374. The van der Waals surface area contributed by atoms with Crippen LogP contribution in [0.25, 0.3) is 0 Å². The van der Waals surface area contributed by atoms with E-state index in [1.54, 1.807) is 0 Å². The summed E-state index contributed by atoms with van der Waals surface area (Å²) in [5, 5.41) is 3.46. The fourth-order valence-electron chi connectivity index (χ4n) is 3.48. The maximum absolute atomic E-state index is 4.92. The first-order valence-corrected chi connectivity index (χ1v) is 9.09. The molecule has 4 rings (SSSR count). The zero-order valence-corrected chi connectivity index (χ0v) is 14.8. The van der Waals surface area contributed by atoms with Crippen molar-refractivity contribution < 1.29 is 0 Å². The van der Waals surface area contributed by atoms with E-state index < -0.39 is 0 Å². The number of hydrogen-bond donors (Lipinski definition) is 1. The zero-order chi connectivity index (χ0) is 16.7. The molecule has 0 unspecified atom stereocenters. The first-order chi connectivity index (χ1) is 11.6. The average molecular weight is 322 g/mol. The highest BCUT2D eigenvalue weighted by molar-refractivity contribution is 5.53. The van der Waals surface area contributed by atoms with Gasteiger partial charge in [-0.15, -0.1) is 0 Å². The summed E-state index contributed by atoms with van der Waals surface area (Å²) < 4.78 is 0. The van der Waals surface area contributed by atoms with Gasteiger partial charge in [0.25, 0.3) is 0 Å². The molecule has 0 saturated heterocycles. The van der Waals surface area contributed by atoms with Gasteiger partial charge < -0.3 is 10.2 Å². The van der Waals surface area contributed by atoms with Crippen LogP contribution in [0.2, 0.25) is 0 Å². The lowest BCUT2D eigenvalue weighted by molar-refractivity contribution is 0.585. The fraction of sp³-hybridized carbons (Fsp3) is 0.500. The number of nitrogens with one attached hydrogen (secondary N) is 1. The monoisotopic (exact) mass is 322 g/mol. The van der Waals surface area contributed by atoms with E-state index in [9.17, 15) is 0 Å². The van der Waals surface area contributed by atoms with Crippen molar-refractivity contribution >= 4 is 11.6 Å². The SMILES string of the molecule is CC(C)Nc1cc(N2Cc3ccccc3C[C@@H]2C)nc(C2CC2)n1. The van der Waals surface area contributed by atoms with Crippen molar-refractivity contribution in [3.8, 4) is 0 Å². The summed E-state index contributed by atoms with van der Waals surface area (Å²) in [6, 6.07) is 11.7. The third-order valence-electron chi connectivity index (χ3n) is 4.91. The van der Waals surface area contributed by atoms with Gasteiger partial charge in [0.05, 0.1) is 0 Å². The van der Waals surface area contributed by atoms with Crippen molar-refractivity contribution in [1.82, 2.24) is 9.97 Å². The van der Waals surface area contributed by atoms with Gasteiger partial charge in [-0.05, 0) is 51.2 Å². The van der Waals surface area contributed by atoms with Gasteiger partial charge in [0.2, 0.25) is 0 Å². The Labute approximate surface area is 144 Å². The molecule has 2 aromatic rings.